The van der Waals surface area contributed by atoms with E-state index in [1.165, 1.54) is 34.6 Å². The summed E-state index contributed by atoms with van der Waals surface area (Å²) in [5.74, 6) is 1.88. The van der Waals surface area contributed by atoms with Gasteiger partial charge in [-0.15, -0.1) is 6.42 Å². The third-order valence-electron chi connectivity index (χ3n) is 6.42. The first-order valence-electron chi connectivity index (χ1n) is 12.3. The number of terminal acetylenes is 1. The van der Waals surface area contributed by atoms with E-state index in [0.717, 1.165) is 17.7 Å². The van der Waals surface area contributed by atoms with Crippen molar-refractivity contribution in [1.82, 2.24) is 14.2 Å². The van der Waals surface area contributed by atoms with Crippen molar-refractivity contribution in [2.45, 2.75) is 4.90 Å². The molecule has 0 N–H and O–H groups in total. The summed E-state index contributed by atoms with van der Waals surface area (Å²) in [5.41, 5.74) is 1.46. The van der Waals surface area contributed by atoms with E-state index in [-0.39, 0.29) is 54.1 Å². The van der Waals surface area contributed by atoms with Crippen molar-refractivity contribution >= 4 is 15.9 Å². The number of carbonyl (C=O) groups excluding carboxylic acids is 1. The third-order valence-corrected chi connectivity index (χ3v) is 8.32. The van der Waals surface area contributed by atoms with Crippen LogP contribution in [-0.2, 0) is 10.0 Å². The molecule has 0 atom stereocenters. The molecule has 2 heterocycles. The molecule has 7 nitrogen and oxygen atoms in total. The molecule has 40 heavy (non-hydrogen) atoms. The Morgan fingerprint density at radius 2 is 1.52 bits per heavy atom. The fraction of sp³-hybridized carbons (Fsp3) is 0.133. The second kappa shape index (κ2) is 11.3. The monoisotopic (exact) mass is 559 g/mol. The SMILES string of the molecule is C#Cc1cc(S(=O)(=O)N2CCN(C(=O)c3cccc(-c4ccc(Oc5ccc(F)cc5)cc4)n3)CC2)ccc1F. The Morgan fingerprint density at radius 3 is 2.17 bits per heavy atom. The van der Waals surface area contributed by atoms with E-state index < -0.39 is 15.8 Å². The molecular weight excluding hydrogens is 536 g/mol. The molecule has 1 amide bonds. The number of piperazine rings is 1. The number of hydrogen-bond donors (Lipinski definition) is 0. The molecule has 0 spiro atoms. The summed E-state index contributed by atoms with van der Waals surface area (Å²) in [4.78, 5) is 19.2. The van der Waals surface area contributed by atoms with E-state index in [9.17, 15) is 22.0 Å². The van der Waals surface area contributed by atoms with Gasteiger partial charge in [0.2, 0.25) is 10.0 Å². The average molecular weight is 560 g/mol. The lowest BCUT2D eigenvalue weighted by molar-refractivity contribution is 0.0692. The Kier molecular flexibility index (Phi) is 7.60. The van der Waals surface area contributed by atoms with E-state index in [0.29, 0.717) is 17.2 Å². The van der Waals surface area contributed by atoms with Gasteiger partial charge >= 0.3 is 0 Å². The number of carbonyl (C=O) groups is 1. The second-order valence-electron chi connectivity index (χ2n) is 8.97. The van der Waals surface area contributed by atoms with Gasteiger partial charge in [0.15, 0.2) is 0 Å². The van der Waals surface area contributed by atoms with Gasteiger partial charge in [0, 0.05) is 31.7 Å². The average Bonchev–Trinajstić information content (AvgIpc) is 2.98. The molecule has 0 bridgehead atoms. The minimum Gasteiger partial charge on any atom is -0.457 e. The van der Waals surface area contributed by atoms with E-state index in [2.05, 4.69) is 10.9 Å². The number of ether oxygens (including phenoxy) is 1. The summed E-state index contributed by atoms with van der Waals surface area (Å²) in [6.45, 7) is 0.489. The summed E-state index contributed by atoms with van der Waals surface area (Å²) < 4.78 is 59.9. The first kappa shape index (κ1) is 27.0. The van der Waals surface area contributed by atoms with Crippen LogP contribution in [0.4, 0.5) is 8.78 Å². The first-order chi connectivity index (χ1) is 19.2. The van der Waals surface area contributed by atoms with Gasteiger partial charge in [-0.1, -0.05) is 12.0 Å². The molecule has 1 aliphatic rings. The molecule has 202 valence electrons. The Hall–Kier alpha value is -4.59. The molecular formula is C30H23F2N3O4S. The van der Waals surface area contributed by atoms with Gasteiger partial charge in [-0.2, -0.15) is 4.31 Å². The first-order valence-corrected chi connectivity index (χ1v) is 13.7. The topological polar surface area (TPSA) is 79.8 Å². The summed E-state index contributed by atoms with van der Waals surface area (Å²) >= 11 is 0. The Labute approximate surface area is 230 Å². The third kappa shape index (κ3) is 5.71. The van der Waals surface area contributed by atoms with Crippen LogP contribution in [0.3, 0.4) is 0 Å². The lowest BCUT2D eigenvalue weighted by Gasteiger charge is -2.33. The number of sulfonamides is 1. The zero-order valence-electron chi connectivity index (χ0n) is 21.1. The smallest absolute Gasteiger partial charge is 0.272 e. The number of aromatic nitrogens is 1. The second-order valence-corrected chi connectivity index (χ2v) is 10.9. The minimum atomic E-state index is -3.90. The normalized spacial score (nSPS) is 14.0. The van der Waals surface area contributed by atoms with Crippen LogP contribution in [0.5, 0.6) is 11.5 Å². The van der Waals surface area contributed by atoms with Crippen molar-refractivity contribution in [3.8, 4) is 35.1 Å². The molecule has 10 heteroatoms. The molecule has 1 aromatic heterocycles. The molecule has 1 fully saturated rings. The van der Waals surface area contributed by atoms with Crippen molar-refractivity contribution in [1.29, 1.82) is 0 Å². The maximum Gasteiger partial charge on any atom is 0.272 e. The standard InChI is InChI=1S/C30H23F2N3O4S/c1-2-21-20-26(14-15-27(21)32)40(37,38)35-18-16-34(17-19-35)30(36)29-5-3-4-28(33-29)22-6-10-24(11-7-22)39-25-12-8-23(31)9-13-25/h1,3-15,20H,16-19H2. The molecule has 1 saturated heterocycles. The predicted octanol–water partition coefficient (Wildman–Crippen LogP) is 4.95. The van der Waals surface area contributed by atoms with Crippen LogP contribution in [0.1, 0.15) is 16.1 Å². The molecule has 0 radical (unpaired) electrons. The molecule has 0 aliphatic carbocycles. The highest BCUT2D eigenvalue weighted by Crippen LogP contribution is 2.26. The molecule has 0 saturated carbocycles. The van der Waals surface area contributed by atoms with E-state index in [1.807, 2.05) is 0 Å². The van der Waals surface area contributed by atoms with Crippen LogP contribution in [0.2, 0.25) is 0 Å². The Balaban J connectivity index is 1.24. The summed E-state index contributed by atoms with van der Waals surface area (Å²) in [6.07, 6.45) is 5.27. The van der Waals surface area contributed by atoms with Gasteiger partial charge < -0.3 is 9.64 Å². The highest BCUT2D eigenvalue weighted by atomic mass is 32.2. The van der Waals surface area contributed by atoms with Gasteiger partial charge in [-0.3, -0.25) is 4.79 Å². The number of halogens is 2. The van der Waals surface area contributed by atoms with Gasteiger partial charge in [0.25, 0.3) is 5.91 Å². The number of nitrogens with zero attached hydrogens (tertiary/aromatic N) is 3. The van der Waals surface area contributed by atoms with E-state index >= 15 is 0 Å². The maximum atomic E-state index is 13.7. The van der Waals surface area contributed by atoms with Gasteiger partial charge in [-0.25, -0.2) is 22.2 Å². The number of rotatable bonds is 6. The molecule has 4 aromatic rings. The highest BCUT2D eigenvalue weighted by molar-refractivity contribution is 7.89. The fourth-order valence-corrected chi connectivity index (χ4v) is 5.71. The number of benzene rings is 3. The maximum absolute atomic E-state index is 13.7. The summed E-state index contributed by atoms with van der Waals surface area (Å²) in [6, 6.07) is 21.3. The van der Waals surface area contributed by atoms with Crippen LogP contribution in [0.15, 0.2) is 89.8 Å². The van der Waals surface area contributed by atoms with E-state index in [4.69, 9.17) is 11.2 Å². The number of hydrogen-bond acceptors (Lipinski definition) is 5. The van der Waals surface area contributed by atoms with Gasteiger partial charge in [0.05, 0.1) is 16.2 Å². The minimum absolute atomic E-state index is 0.0754. The molecule has 1 aliphatic heterocycles. The highest BCUT2D eigenvalue weighted by Gasteiger charge is 2.31. The van der Waals surface area contributed by atoms with Gasteiger partial charge in [0.1, 0.15) is 28.8 Å². The fourth-order valence-electron chi connectivity index (χ4n) is 4.27. The quantitative estimate of drug-likeness (QED) is 0.313. The van der Waals surface area contributed by atoms with Crippen LogP contribution in [-0.4, -0.2) is 54.7 Å². The van der Waals surface area contributed by atoms with Crippen LogP contribution in [0, 0.1) is 24.0 Å². The van der Waals surface area contributed by atoms with Crippen LogP contribution >= 0.6 is 0 Å². The zero-order chi connectivity index (χ0) is 28.3. The number of pyridine rings is 1. The van der Waals surface area contributed by atoms with Crippen molar-refractivity contribution in [3.63, 3.8) is 0 Å². The summed E-state index contributed by atoms with van der Waals surface area (Å²) in [5, 5.41) is 0. The molecule has 3 aromatic carbocycles. The molecule has 5 rings (SSSR count). The van der Waals surface area contributed by atoms with Crippen molar-refractivity contribution in [2.75, 3.05) is 26.2 Å². The van der Waals surface area contributed by atoms with Crippen molar-refractivity contribution in [3.05, 3.63) is 108 Å². The lowest BCUT2D eigenvalue weighted by Crippen LogP contribution is -2.50. The predicted molar refractivity (Wildman–Crippen MR) is 145 cm³/mol. The van der Waals surface area contributed by atoms with E-state index in [1.54, 1.807) is 47.4 Å². The lowest BCUT2D eigenvalue weighted by atomic mass is 10.1. The van der Waals surface area contributed by atoms with Crippen molar-refractivity contribution in [2.24, 2.45) is 0 Å². The van der Waals surface area contributed by atoms with Gasteiger partial charge in [-0.05, 0) is 78.9 Å². The zero-order valence-corrected chi connectivity index (χ0v) is 21.9. The Bertz CT molecular complexity index is 1690. The summed E-state index contributed by atoms with van der Waals surface area (Å²) in [7, 11) is -3.90. The Morgan fingerprint density at radius 1 is 0.875 bits per heavy atom. The van der Waals surface area contributed by atoms with Crippen LogP contribution < -0.4 is 4.74 Å². The number of amides is 1. The van der Waals surface area contributed by atoms with Crippen LogP contribution in [0.25, 0.3) is 11.3 Å². The molecule has 0 unspecified atom stereocenters. The van der Waals surface area contributed by atoms with Crippen molar-refractivity contribution < 1.29 is 26.7 Å². The largest absolute Gasteiger partial charge is 0.457 e.